The number of aromatic nitrogens is 1. The molecule has 1 saturated carbocycles. The number of hydrogen-bond acceptors (Lipinski definition) is 5. The van der Waals surface area contributed by atoms with E-state index in [-0.39, 0.29) is 48.3 Å². The van der Waals surface area contributed by atoms with Crippen molar-refractivity contribution in [2.24, 2.45) is 5.41 Å². The van der Waals surface area contributed by atoms with Crippen molar-refractivity contribution < 1.29 is 14.4 Å². The van der Waals surface area contributed by atoms with Crippen LogP contribution in [0.1, 0.15) is 62.5 Å². The number of fused-ring (bicyclic) bond motifs is 1. The Morgan fingerprint density at radius 2 is 1.82 bits per heavy atom. The zero-order chi connectivity index (χ0) is 24.5. The van der Waals surface area contributed by atoms with E-state index in [2.05, 4.69) is 36.4 Å². The van der Waals surface area contributed by atoms with Gasteiger partial charge in [0.2, 0.25) is 11.8 Å². The number of hydrogen-bond donors (Lipinski definition) is 2. The molecule has 0 saturated heterocycles. The average Bonchev–Trinajstić information content (AvgIpc) is 3.62. The standard InChI is InChI=1S/C26H33N5O3/c1-17(18-9-11-27-12-10-18)29-25(34)19-5-8-21-22(13-19)30(15-24(33)31(21)20-6-7-20)23(32)14-28-16-26(2,3)4/h5,8-13,17,20,28H,6-7,14-16H2,1-4H3,(H,29,34)/t17-/m0/s1. The molecule has 8 heteroatoms. The van der Waals surface area contributed by atoms with Crippen molar-refractivity contribution >= 4 is 29.1 Å². The third-order valence-corrected chi connectivity index (χ3v) is 6.05. The van der Waals surface area contributed by atoms with Gasteiger partial charge in [0, 0.05) is 30.5 Å². The number of anilines is 2. The van der Waals surface area contributed by atoms with Crippen LogP contribution in [0.3, 0.4) is 0 Å². The fraction of sp³-hybridized carbons (Fsp3) is 0.462. The highest BCUT2D eigenvalue weighted by Crippen LogP contribution is 2.41. The second-order valence-electron chi connectivity index (χ2n) is 10.3. The van der Waals surface area contributed by atoms with Crippen molar-refractivity contribution in [3.8, 4) is 0 Å². The van der Waals surface area contributed by atoms with Crippen LogP contribution in [0.15, 0.2) is 42.7 Å². The number of nitrogens with zero attached hydrogens (tertiary/aromatic N) is 3. The monoisotopic (exact) mass is 463 g/mol. The Bertz CT molecular complexity index is 1080. The van der Waals surface area contributed by atoms with E-state index in [1.54, 1.807) is 35.5 Å². The quantitative estimate of drug-likeness (QED) is 0.658. The smallest absolute Gasteiger partial charge is 0.251 e. The van der Waals surface area contributed by atoms with Crippen LogP contribution < -0.4 is 20.4 Å². The molecule has 1 aliphatic heterocycles. The summed E-state index contributed by atoms with van der Waals surface area (Å²) in [5, 5.41) is 6.20. The summed E-state index contributed by atoms with van der Waals surface area (Å²) in [4.78, 5) is 46.4. The molecule has 1 aliphatic carbocycles. The molecule has 2 heterocycles. The van der Waals surface area contributed by atoms with E-state index < -0.39 is 0 Å². The Balaban J connectivity index is 1.57. The summed E-state index contributed by atoms with van der Waals surface area (Å²) in [6, 6.07) is 8.95. The van der Waals surface area contributed by atoms with Gasteiger partial charge in [0.15, 0.2) is 0 Å². The molecular formula is C26H33N5O3. The van der Waals surface area contributed by atoms with Crippen molar-refractivity contribution in [1.29, 1.82) is 0 Å². The van der Waals surface area contributed by atoms with Gasteiger partial charge in [0.1, 0.15) is 6.54 Å². The van der Waals surface area contributed by atoms with Gasteiger partial charge in [-0.05, 0) is 61.1 Å². The van der Waals surface area contributed by atoms with E-state index in [0.717, 1.165) is 18.4 Å². The van der Waals surface area contributed by atoms with Crippen LogP contribution in [0.25, 0.3) is 0 Å². The molecule has 2 aromatic rings. The molecule has 0 bridgehead atoms. The summed E-state index contributed by atoms with van der Waals surface area (Å²) >= 11 is 0. The minimum atomic E-state index is -0.236. The summed E-state index contributed by atoms with van der Waals surface area (Å²) in [6.07, 6.45) is 5.30. The minimum Gasteiger partial charge on any atom is -0.346 e. The van der Waals surface area contributed by atoms with Gasteiger partial charge < -0.3 is 15.5 Å². The molecule has 8 nitrogen and oxygen atoms in total. The van der Waals surface area contributed by atoms with Gasteiger partial charge in [0.25, 0.3) is 5.91 Å². The van der Waals surface area contributed by atoms with Crippen LogP contribution in [0.4, 0.5) is 11.4 Å². The molecule has 4 rings (SSSR count). The van der Waals surface area contributed by atoms with E-state index in [1.807, 2.05) is 19.1 Å². The molecule has 1 aromatic heterocycles. The number of rotatable bonds is 7. The average molecular weight is 464 g/mol. The molecule has 3 amide bonds. The van der Waals surface area contributed by atoms with Crippen LogP contribution in [0, 0.1) is 5.41 Å². The lowest BCUT2D eigenvalue weighted by Gasteiger charge is -2.37. The summed E-state index contributed by atoms with van der Waals surface area (Å²) in [5.74, 6) is -0.500. The van der Waals surface area contributed by atoms with E-state index in [0.29, 0.717) is 23.5 Å². The zero-order valence-electron chi connectivity index (χ0n) is 20.3. The van der Waals surface area contributed by atoms with Crippen molar-refractivity contribution in [3.05, 3.63) is 53.9 Å². The second-order valence-corrected chi connectivity index (χ2v) is 10.3. The van der Waals surface area contributed by atoms with Crippen LogP contribution in [-0.2, 0) is 9.59 Å². The van der Waals surface area contributed by atoms with Crippen molar-refractivity contribution in [2.75, 3.05) is 29.4 Å². The van der Waals surface area contributed by atoms with Crippen LogP contribution in [-0.4, -0.2) is 48.4 Å². The molecule has 34 heavy (non-hydrogen) atoms. The van der Waals surface area contributed by atoms with Gasteiger partial charge in [-0.15, -0.1) is 0 Å². The fourth-order valence-corrected chi connectivity index (χ4v) is 4.13. The first-order valence-corrected chi connectivity index (χ1v) is 11.8. The minimum absolute atomic E-state index is 0.0159. The summed E-state index contributed by atoms with van der Waals surface area (Å²) in [6.45, 7) is 8.98. The Hall–Kier alpha value is -3.26. The molecule has 0 unspecified atom stereocenters. The van der Waals surface area contributed by atoms with Crippen LogP contribution >= 0.6 is 0 Å². The molecule has 1 atom stereocenters. The molecule has 2 N–H and O–H groups in total. The van der Waals surface area contributed by atoms with Crippen molar-refractivity contribution in [2.45, 2.75) is 52.6 Å². The predicted octanol–water partition coefficient (Wildman–Crippen LogP) is 3.05. The second kappa shape index (κ2) is 9.54. The fourth-order valence-electron chi connectivity index (χ4n) is 4.13. The third-order valence-electron chi connectivity index (χ3n) is 6.05. The van der Waals surface area contributed by atoms with Crippen molar-refractivity contribution in [3.63, 3.8) is 0 Å². The number of benzene rings is 1. The molecule has 2 aliphatic rings. The van der Waals surface area contributed by atoms with Gasteiger partial charge in [0.05, 0.1) is 24.0 Å². The van der Waals surface area contributed by atoms with Gasteiger partial charge in [-0.1, -0.05) is 20.8 Å². The normalized spacial score (nSPS) is 16.8. The topological polar surface area (TPSA) is 94.6 Å². The number of carbonyl (C=O) groups excluding carboxylic acids is 3. The van der Waals surface area contributed by atoms with Gasteiger partial charge in [-0.25, -0.2) is 0 Å². The molecule has 1 aromatic carbocycles. The van der Waals surface area contributed by atoms with Crippen LogP contribution in [0.5, 0.6) is 0 Å². The zero-order valence-corrected chi connectivity index (χ0v) is 20.3. The molecule has 0 radical (unpaired) electrons. The highest BCUT2D eigenvalue weighted by atomic mass is 16.2. The van der Waals surface area contributed by atoms with Gasteiger partial charge >= 0.3 is 0 Å². The lowest BCUT2D eigenvalue weighted by Crippen LogP contribution is -2.51. The molecule has 0 spiro atoms. The van der Waals surface area contributed by atoms with E-state index in [1.165, 1.54) is 4.90 Å². The highest BCUT2D eigenvalue weighted by molar-refractivity contribution is 6.13. The maximum absolute atomic E-state index is 13.1. The van der Waals surface area contributed by atoms with Gasteiger partial charge in [-0.3, -0.25) is 24.3 Å². The van der Waals surface area contributed by atoms with Gasteiger partial charge in [-0.2, -0.15) is 0 Å². The SMILES string of the molecule is C[C@H](NC(=O)c1ccc2c(c1)N(C(=O)CNCC(C)(C)C)CC(=O)N2C1CC1)c1ccncc1. The molecular weight excluding hydrogens is 430 g/mol. The largest absolute Gasteiger partial charge is 0.346 e. The number of carbonyl (C=O) groups is 3. The molecule has 180 valence electrons. The molecule has 1 fully saturated rings. The Labute approximate surface area is 200 Å². The van der Waals surface area contributed by atoms with Crippen molar-refractivity contribution in [1.82, 2.24) is 15.6 Å². The highest BCUT2D eigenvalue weighted by Gasteiger charge is 2.40. The Kier molecular flexibility index (Phi) is 6.70. The van der Waals surface area contributed by atoms with E-state index >= 15 is 0 Å². The predicted molar refractivity (Wildman–Crippen MR) is 132 cm³/mol. The first kappa shape index (κ1) is 23.9. The Morgan fingerprint density at radius 1 is 1.12 bits per heavy atom. The van der Waals surface area contributed by atoms with E-state index in [4.69, 9.17) is 0 Å². The lowest BCUT2D eigenvalue weighted by molar-refractivity contribution is -0.122. The maximum Gasteiger partial charge on any atom is 0.251 e. The van der Waals surface area contributed by atoms with E-state index in [9.17, 15) is 14.4 Å². The van der Waals surface area contributed by atoms with Crippen LogP contribution in [0.2, 0.25) is 0 Å². The lowest BCUT2D eigenvalue weighted by atomic mass is 9.97. The summed E-state index contributed by atoms with van der Waals surface area (Å²) in [5.41, 5.74) is 2.74. The first-order valence-electron chi connectivity index (χ1n) is 11.8. The number of pyridine rings is 1. The Morgan fingerprint density at radius 3 is 2.47 bits per heavy atom. The number of amides is 3. The summed E-state index contributed by atoms with van der Waals surface area (Å²) < 4.78 is 0. The maximum atomic E-state index is 13.1. The summed E-state index contributed by atoms with van der Waals surface area (Å²) in [7, 11) is 0. The number of nitrogens with one attached hydrogen (secondary N) is 2. The first-order chi connectivity index (χ1) is 16.1. The third kappa shape index (κ3) is 5.44.